The van der Waals surface area contributed by atoms with Gasteiger partial charge in [0, 0.05) is 6.61 Å². The van der Waals surface area contributed by atoms with Crippen molar-refractivity contribution in [3.05, 3.63) is 29.8 Å². The van der Waals surface area contributed by atoms with E-state index in [0.29, 0.717) is 12.0 Å². The zero-order valence-corrected chi connectivity index (χ0v) is 13.2. The maximum Gasteiger partial charge on any atom is 0.120 e. The van der Waals surface area contributed by atoms with E-state index in [2.05, 4.69) is 43.4 Å². The van der Waals surface area contributed by atoms with Crippen molar-refractivity contribution in [2.45, 2.75) is 57.8 Å². The Morgan fingerprint density at radius 3 is 2.62 bits per heavy atom. The molecule has 2 fully saturated rings. The van der Waals surface area contributed by atoms with Gasteiger partial charge >= 0.3 is 0 Å². The Balaban J connectivity index is 1.77. The van der Waals surface area contributed by atoms with Gasteiger partial charge < -0.3 is 14.8 Å². The molecule has 0 radical (unpaired) electrons. The van der Waals surface area contributed by atoms with Crippen molar-refractivity contribution in [2.24, 2.45) is 5.92 Å². The van der Waals surface area contributed by atoms with Gasteiger partial charge in [-0.05, 0) is 62.8 Å². The lowest BCUT2D eigenvalue weighted by Gasteiger charge is -2.28. The summed E-state index contributed by atoms with van der Waals surface area (Å²) in [6.45, 7) is 5.98. The summed E-state index contributed by atoms with van der Waals surface area (Å²) in [5.41, 5.74) is 1.29. The summed E-state index contributed by atoms with van der Waals surface area (Å²) >= 11 is 0. The van der Waals surface area contributed by atoms with Crippen molar-refractivity contribution in [1.82, 2.24) is 5.32 Å². The average Bonchev–Trinajstić information content (AvgIpc) is 3.36. The Bertz CT molecular complexity index is 454. The normalized spacial score (nSPS) is 21.0. The van der Waals surface area contributed by atoms with Gasteiger partial charge in [0.2, 0.25) is 0 Å². The summed E-state index contributed by atoms with van der Waals surface area (Å²) < 4.78 is 12.0. The topological polar surface area (TPSA) is 30.5 Å². The van der Waals surface area contributed by atoms with Gasteiger partial charge in [0.25, 0.3) is 0 Å². The van der Waals surface area contributed by atoms with E-state index in [-0.39, 0.29) is 12.1 Å². The van der Waals surface area contributed by atoms with Crippen LogP contribution in [0.1, 0.15) is 51.1 Å². The summed E-state index contributed by atoms with van der Waals surface area (Å²) in [4.78, 5) is 0. The van der Waals surface area contributed by atoms with Crippen LogP contribution in [0.5, 0.6) is 5.75 Å². The lowest BCUT2D eigenvalue weighted by atomic mass is 9.97. The van der Waals surface area contributed by atoms with E-state index in [1.807, 2.05) is 0 Å². The number of ether oxygens (including phenoxy) is 2. The Labute approximate surface area is 128 Å². The predicted molar refractivity (Wildman–Crippen MR) is 84.6 cm³/mol. The molecule has 0 bridgehead atoms. The minimum Gasteiger partial charge on any atom is -0.490 e. The van der Waals surface area contributed by atoms with Gasteiger partial charge in [-0.3, -0.25) is 0 Å². The first-order valence-electron chi connectivity index (χ1n) is 8.43. The maximum absolute atomic E-state index is 6.07. The molecule has 2 unspecified atom stereocenters. The van der Waals surface area contributed by atoms with E-state index >= 15 is 0 Å². The Kier molecular flexibility index (Phi) is 4.81. The third kappa shape index (κ3) is 3.98. The number of benzene rings is 1. The fourth-order valence-electron chi connectivity index (χ4n) is 2.92. The quantitative estimate of drug-likeness (QED) is 0.752. The molecule has 0 aromatic heterocycles. The second-order valence-electron chi connectivity index (χ2n) is 6.18. The van der Waals surface area contributed by atoms with Crippen molar-refractivity contribution in [1.29, 1.82) is 0 Å². The van der Waals surface area contributed by atoms with Crippen LogP contribution >= 0.6 is 0 Å². The number of hydrogen-bond acceptors (Lipinski definition) is 3. The zero-order valence-electron chi connectivity index (χ0n) is 13.2. The molecule has 0 aliphatic heterocycles. The Morgan fingerprint density at radius 1 is 1.19 bits per heavy atom. The zero-order chi connectivity index (χ0) is 14.7. The highest BCUT2D eigenvalue weighted by Crippen LogP contribution is 2.40. The smallest absolute Gasteiger partial charge is 0.120 e. The number of nitrogens with one attached hydrogen (secondary N) is 1. The van der Waals surface area contributed by atoms with Crippen LogP contribution in [0.25, 0.3) is 0 Å². The van der Waals surface area contributed by atoms with E-state index in [0.717, 1.165) is 18.9 Å². The molecule has 0 heterocycles. The van der Waals surface area contributed by atoms with Crippen LogP contribution in [0.2, 0.25) is 0 Å². The van der Waals surface area contributed by atoms with Crippen LogP contribution in [0.4, 0.5) is 0 Å². The summed E-state index contributed by atoms with van der Waals surface area (Å²) in [7, 11) is 0. The van der Waals surface area contributed by atoms with Crippen molar-refractivity contribution in [3.8, 4) is 5.75 Å². The molecular formula is C18H27NO2. The number of rotatable bonds is 9. The lowest BCUT2D eigenvalue weighted by Crippen LogP contribution is -2.35. The van der Waals surface area contributed by atoms with Gasteiger partial charge in [0.15, 0.2) is 0 Å². The standard InChI is InChI=1S/C18H27NO2/c1-3-19-17(18(20-4-2)13-8-9-13)14-6-5-7-16(12-14)21-15-10-11-15/h5-7,12-13,15,17-19H,3-4,8-11H2,1-2H3. The van der Waals surface area contributed by atoms with Crippen LogP contribution in [0.15, 0.2) is 24.3 Å². The summed E-state index contributed by atoms with van der Waals surface area (Å²) in [6.07, 6.45) is 5.72. The van der Waals surface area contributed by atoms with E-state index in [1.54, 1.807) is 0 Å². The minimum absolute atomic E-state index is 0.269. The number of likely N-dealkylation sites (N-methyl/N-ethyl adjacent to an activating group) is 1. The molecule has 2 aliphatic carbocycles. The van der Waals surface area contributed by atoms with Gasteiger partial charge in [0.05, 0.1) is 18.2 Å². The Hall–Kier alpha value is -1.06. The highest BCUT2D eigenvalue weighted by molar-refractivity contribution is 5.32. The van der Waals surface area contributed by atoms with Crippen LogP contribution in [0, 0.1) is 5.92 Å². The second kappa shape index (κ2) is 6.80. The molecule has 0 amide bonds. The summed E-state index contributed by atoms with van der Waals surface area (Å²) in [6, 6.07) is 8.83. The summed E-state index contributed by atoms with van der Waals surface area (Å²) in [5, 5.41) is 3.62. The molecule has 2 aliphatic rings. The molecule has 3 heteroatoms. The predicted octanol–water partition coefficient (Wildman–Crippen LogP) is 3.69. The molecule has 1 aromatic carbocycles. The van der Waals surface area contributed by atoms with Crippen LogP contribution in [-0.2, 0) is 4.74 Å². The SMILES string of the molecule is CCNC(c1cccc(OC2CC2)c1)C(OCC)C1CC1. The third-order valence-corrected chi connectivity index (χ3v) is 4.24. The van der Waals surface area contributed by atoms with Gasteiger partial charge in [0.1, 0.15) is 5.75 Å². The molecule has 0 saturated heterocycles. The molecule has 2 atom stereocenters. The lowest BCUT2D eigenvalue weighted by molar-refractivity contribution is 0.0189. The van der Waals surface area contributed by atoms with Gasteiger partial charge in [-0.25, -0.2) is 0 Å². The molecule has 21 heavy (non-hydrogen) atoms. The molecule has 1 aromatic rings. The molecule has 116 valence electrons. The van der Waals surface area contributed by atoms with Gasteiger partial charge in [-0.2, -0.15) is 0 Å². The fourth-order valence-corrected chi connectivity index (χ4v) is 2.92. The highest BCUT2D eigenvalue weighted by Gasteiger charge is 2.37. The molecule has 0 spiro atoms. The van der Waals surface area contributed by atoms with E-state index in [1.165, 1.54) is 31.2 Å². The van der Waals surface area contributed by atoms with Crippen LogP contribution in [-0.4, -0.2) is 25.4 Å². The largest absolute Gasteiger partial charge is 0.490 e. The van der Waals surface area contributed by atoms with Crippen molar-refractivity contribution < 1.29 is 9.47 Å². The molecule has 1 N–H and O–H groups in total. The van der Waals surface area contributed by atoms with E-state index in [4.69, 9.17) is 9.47 Å². The van der Waals surface area contributed by atoms with Crippen molar-refractivity contribution in [2.75, 3.05) is 13.2 Å². The van der Waals surface area contributed by atoms with Gasteiger partial charge in [-0.1, -0.05) is 19.1 Å². The first-order chi connectivity index (χ1) is 10.3. The third-order valence-electron chi connectivity index (χ3n) is 4.24. The van der Waals surface area contributed by atoms with E-state index in [9.17, 15) is 0 Å². The minimum atomic E-state index is 0.269. The van der Waals surface area contributed by atoms with E-state index < -0.39 is 0 Å². The molecule has 2 saturated carbocycles. The maximum atomic E-state index is 6.07. The Morgan fingerprint density at radius 2 is 2.00 bits per heavy atom. The molecule has 3 nitrogen and oxygen atoms in total. The molecular weight excluding hydrogens is 262 g/mol. The van der Waals surface area contributed by atoms with Crippen LogP contribution in [0.3, 0.4) is 0 Å². The monoisotopic (exact) mass is 289 g/mol. The second-order valence-corrected chi connectivity index (χ2v) is 6.18. The fraction of sp³-hybridized carbons (Fsp3) is 0.667. The van der Waals surface area contributed by atoms with Crippen molar-refractivity contribution in [3.63, 3.8) is 0 Å². The number of hydrogen-bond donors (Lipinski definition) is 1. The van der Waals surface area contributed by atoms with Gasteiger partial charge in [-0.15, -0.1) is 0 Å². The summed E-state index contributed by atoms with van der Waals surface area (Å²) in [5.74, 6) is 1.71. The van der Waals surface area contributed by atoms with Crippen molar-refractivity contribution >= 4 is 0 Å². The molecule has 3 rings (SSSR count). The van der Waals surface area contributed by atoms with Crippen LogP contribution < -0.4 is 10.1 Å². The first kappa shape index (κ1) is 14.9. The average molecular weight is 289 g/mol. The highest BCUT2D eigenvalue weighted by atomic mass is 16.5. The first-order valence-corrected chi connectivity index (χ1v) is 8.43.